The molecule has 0 aromatic heterocycles. The Hall–Kier alpha value is -0.650. The first-order valence-corrected chi connectivity index (χ1v) is 7.67. The fourth-order valence-electron chi connectivity index (χ4n) is 2.83. The van der Waals surface area contributed by atoms with Crippen LogP contribution in [0.15, 0.2) is 0 Å². The lowest BCUT2D eigenvalue weighted by molar-refractivity contribution is -0.146. The SMILES string of the molecule is CC1CC(OCCC(C)(NC2CC2)C(=O)O)CC(C)O1. The smallest absolute Gasteiger partial charge is 0.323 e. The molecule has 116 valence electrons. The van der Waals surface area contributed by atoms with E-state index in [1.54, 1.807) is 6.92 Å². The van der Waals surface area contributed by atoms with E-state index in [0.717, 1.165) is 25.7 Å². The monoisotopic (exact) mass is 285 g/mol. The van der Waals surface area contributed by atoms with Gasteiger partial charge in [-0.15, -0.1) is 0 Å². The summed E-state index contributed by atoms with van der Waals surface area (Å²) in [6.07, 6.45) is 5.08. The minimum absolute atomic E-state index is 0.188. The summed E-state index contributed by atoms with van der Waals surface area (Å²) in [7, 11) is 0. The maximum atomic E-state index is 11.4. The predicted molar refractivity (Wildman–Crippen MR) is 75.8 cm³/mol. The fourth-order valence-corrected chi connectivity index (χ4v) is 2.83. The van der Waals surface area contributed by atoms with Crippen LogP contribution in [0, 0.1) is 0 Å². The van der Waals surface area contributed by atoms with Crippen molar-refractivity contribution < 1.29 is 19.4 Å². The van der Waals surface area contributed by atoms with Gasteiger partial charge in [-0.1, -0.05) is 0 Å². The molecule has 1 saturated heterocycles. The lowest BCUT2D eigenvalue weighted by Gasteiger charge is -2.33. The molecule has 3 unspecified atom stereocenters. The number of hydrogen-bond donors (Lipinski definition) is 2. The van der Waals surface area contributed by atoms with Crippen LogP contribution in [0.5, 0.6) is 0 Å². The van der Waals surface area contributed by atoms with Gasteiger partial charge in [0.05, 0.1) is 18.3 Å². The number of rotatable bonds is 7. The summed E-state index contributed by atoms with van der Waals surface area (Å²) in [6.45, 7) is 6.35. The van der Waals surface area contributed by atoms with E-state index >= 15 is 0 Å². The first kappa shape index (κ1) is 15.7. The molecule has 2 aliphatic rings. The lowest BCUT2D eigenvalue weighted by atomic mass is 9.98. The van der Waals surface area contributed by atoms with Crippen LogP contribution in [0.3, 0.4) is 0 Å². The molecule has 0 aromatic rings. The molecule has 1 heterocycles. The van der Waals surface area contributed by atoms with E-state index in [4.69, 9.17) is 9.47 Å². The van der Waals surface area contributed by atoms with Crippen LogP contribution in [-0.4, -0.2) is 47.6 Å². The van der Waals surface area contributed by atoms with E-state index in [9.17, 15) is 9.90 Å². The molecule has 1 aliphatic heterocycles. The van der Waals surface area contributed by atoms with Gasteiger partial charge in [0.15, 0.2) is 0 Å². The average Bonchev–Trinajstić information content (AvgIpc) is 3.11. The number of aliphatic carboxylic acids is 1. The van der Waals surface area contributed by atoms with Crippen molar-refractivity contribution in [3.05, 3.63) is 0 Å². The summed E-state index contributed by atoms with van der Waals surface area (Å²) >= 11 is 0. The van der Waals surface area contributed by atoms with Crippen LogP contribution < -0.4 is 5.32 Å². The molecule has 2 fully saturated rings. The molecule has 2 rings (SSSR count). The Morgan fingerprint density at radius 2 is 1.95 bits per heavy atom. The van der Waals surface area contributed by atoms with E-state index in [0.29, 0.717) is 19.1 Å². The largest absolute Gasteiger partial charge is 0.480 e. The van der Waals surface area contributed by atoms with Crippen molar-refractivity contribution in [2.45, 2.75) is 82.8 Å². The summed E-state index contributed by atoms with van der Waals surface area (Å²) in [5, 5.41) is 12.6. The highest BCUT2D eigenvalue weighted by Gasteiger charge is 2.38. The third-order valence-corrected chi connectivity index (χ3v) is 4.18. The average molecular weight is 285 g/mol. The second-order valence-electron chi connectivity index (χ2n) is 6.53. The Bertz CT molecular complexity index is 335. The van der Waals surface area contributed by atoms with Gasteiger partial charge >= 0.3 is 5.97 Å². The lowest BCUT2D eigenvalue weighted by Crippen LogP contribution is -2.51. The number of carboxylic acids is 1. The minimum Gasteiger partial charge on any atom is -0.480 e. The van der Waals surface area contributed by atoms with Gasteiger partial charge in [0.2, 0.25) is 0 Å². The highest BCUT2D eigenvalue weighted by Crippen LogP contribution is 2.25. The summed E-state index contributed by atoms with van der Waals surface area (Å²) in [4.78, 5) is 11.4. The van der Waals surface area contributed by atoms with Gasteiger partial charge in [0.1, 0.15) is 5.54 Å². The van der Waals surface area contributed by atoms with Crippen molar-refractivity contribution in [1.29, 1.82) is 0 Å². The predicted octanol–water partition coefficient (Wildman–Crippen LogP) is 1.94. The Kier molecular flexibility index (Phi) is 5.04. The first-order chi connectivity index (χ1) is 9.39. The van der Waals surface area contributed by atoms with Crippen LogP contribution in [0.4, 0.5) is 0 Å². The number of hydrogen-bond acceptors (Lipinski definition) is 4. The quantitative estimate of drug-likeness (QED) is 0.748. The molecular weight excluding hydrogens is 258 g/mol. The van der Waals surface area contributed by atoms with Crippen LogP contribution >= 0.6 is 0 Å². The molecule has 1 saturated carbocycles. The van der Waals surface area contributed by atoms with Crippen molar-refractivity contribution in [3.8, 4) is 0 Å². The van der Waals surface area contributed by atoms with Crippen LogP contribution in [-0.2, 0) is 14.3 Å². The highest BCUT2D eigenvalue weighted by atomic mass is 16.5. The van der Waals surface area contributed by atoms with Crippen LogP contribution in [0.1, 0.15) is 52.9 Å². The van der Waals surface area contributed by atoms with Gasteiger partial charge in [-0.05, 0) is 52.9 Å². The number of carboxylic acid groups (broad SMARTS) is 1. The Morgan fingerprint density at radius 1 is 1.35 bits per heavy atom. The normalized spacial score (nSPS) is 33.6. The maximum Gasteiger partial charge on any atom is 0.323 e. The zero-order chi connectivity index (χ0) is 14.8. The highest BCUT2D eigenvalue weighted by molar-refractivity contribution is 5.78. The Balaban J connectivity index is 1.76. The van der Waals surface area contributed by atoms with Crippen molar-refractivity contribution in [2.24, 2.45) is 0 Å². The maximum absolute atomic E-state index is 11.4. The zero-order valence-electron chi connectivity index (χ0n) is 12.7. The third kappa shape index (κ3) is 4.43. The summed E-state index contributed by atoms with van der Waals surface area (Å²) in [6, 6.07) is 0.374. The zero-order valence-corrected chi connectivity index (χ0v) is 12.7. The third-order valence-electron chi connectivity index (χ3n) is 4.18. The van der Waals surface area contributed by atoms with Gasteiger partial charge < -0.3 is 14.6 Å². The summed E-state index contributed by atoms with van der Waals surface area (Å²) in [5.41, 5.74) is -0.871. The molecule has 5 nitrogen and oxygen atoms in total. The molecular formula is C15H27NO4. The van der Waals surface area contributed by atoms with E-state index in [-0.39, 0.29) is 18.3 Å². The second kappa shape index (κ2) is 6.41. The summed E-state index contributed by atoms with van der Waals surface area (Å²) < 4.78 is 11.6. The van der Waals surface area contributed by atoms with E-state index < -0.39 is 11.5 Å². The summed E-state index contributed by atoms with van der Waals surface area (Å²) in [5.74, 6) is -0.790. The van der Waals surface area contributed by atoms with Gasteiger partial charge in [-0.25, -0.2) is 0 Å². The van der Waals surface area contributed by atoms with Gasteiger partial charge in [0.25, 0.3) is 0 Å². The number of carbonyl (C=O) groups is 1. The number of ether oxygens (including phenoxy) is 2. The molecule has 0 aromatic carbocycles. The number of nitrogens with one attached hydrogen (secondary N) is 1. The fraction of sp³-hybridized carbons (Fsp3) is 0.933. The van der Waals surface area contributed by atoms with Gasteiger partial charge in [-0.3, -0.25) is 10.1 Å². The van der Waals surface area contributed by atoms with Crippen molar-refractivity contribution >= 4 is 5.97 Å². The molecule has 1 aliphatic carbocycles. The van der Waals surface area contributed by atoms with Crippen molar-refractivity contribution in [1.82, 2.24) is 5.32 Å². The molecule has 5 heteroatoms. The Labute approximate surface area is 121 Å². The van der Waals surface area contributed by atoms with Crippen LogP contribution in [0.2, 0.25) is 0 Å². The molecule has 20 heavy (non-hydrogen) atoms. The standard InChI is InChI=1S/C15H27NO4/c1-10-8-13(9-11(2)20-10)19-7-6-15(3,14(17)18)16-12-4-5-12/h10-13,16H,4-9H2,1-3H3,(H,17,18). The van der Waals surface area contributed by atoms with E-state index in [1.165, 1.54) is 0 Å². The van der Waals surface area contributed by atoms with Crippen molar-refractivity contribution in [3.63, 3.8) is 0 Å². The molecule has 0 radical (unpaired) electrons. The van der Waals surface area contributed by atoms with Crippen LogP contribution in [0.25, 0.3) is 0 Å². The van der Waals surface area contributed by atoms with Gasteiger partial charge in [0, 0.05) is 12.6 Å². The van der Waals surface area contributed by atoms with E-state index in [1.807, 2.05) is 0 Å². The molecule has 0 bridgehead atoms. The molecule has 2 N–H and O–H groups in total. The minimum atomic E-state index is -0.871. The molecule has 3 atom stereocenters. The molecule has 0 spiro atoms. The van der Waals surface area contributed by atoms with Crippen molar-refractivity contribution in [2.75, 3.05) is 6.61 Å². The first-order valence-electron chi connectivity index (χ1n) is 7.67. The topological polar surface area (TPSA) is 67.8 Å². The second-order valence-corrected chi connectivity index (χ2v) is 6.53. The van der Waals surface area contributed by atoms with Gasteiger partial charge in [-0.2, -0.15) is 0 Å². The molecule has 0 amide bonds. The Morgan fingerprint density at radius 3 is 2.45 bits per heavy atom. The van der Waals surface area contributed by atoms with E-state index in [2.05, 4.69) is 19.2 Å².